The summed E-state index contributed by atoms with van der Waals surface area (Å²) in [7, 11) is 2.14. The zero-order chi connectivity index (χ0) is 37.9. The SMILES string of the molecule is CC(c1ccc2ccccc2c1)N(C)CC1CC(c2ccc(CO)cc2)OC(c2ccc(CNC(=O)CCCCCC(=O)Nc3ccccc3N)cc2)O1. The quantitative estimate of drug-likeness (QED) is 0.0594. The molecule has 0 bridgehead atoms. The highest BCUT2D eigenvalue weighted by atomic mass is 16.7. The van der Waals surface area contributed by atoms with Gasteiger partial charge < -0.3 is 30.9 Å². The van der Waals surface area contributed by atoms with Crippen LogP contribution in [0.1, 0.15) is 91.7 Å². The molecule has 1 fully saturated rings. The molecule has 0 radical (unpaired) electrons. The van der Waals surface area contributed by atoms with Gasteiger partial charge in [-0.05, 0) is 78.0 Å². The van der Waals surface area contributed by atoms with Crippen molar-refractivity contribution in [3.63, 3.8) is 0 Å². The molecule has 5 aromatic rings. The molecule has 4 unspecified atom stereocenters. The summed E-state index contributed by atoms with van der Waals surface area (Å²) >= 11 is 0. The van der Waals surface area contributed by atoms with Gasteiger partial charge in [0.05, 0.1) is 30.2 Å². The van der Waals surface area contributed by atoms with Gasteiger partial charge in [0.15, 0.2) is 6.29 Å². The maximum atomic E-state index is 12.6. The second kappa shape index (κ2) is 18.8. The minimum atomic E-state index is -0.564. The van der Waals surface area contributed by atoms with Crippen LogP contribution in [0, 0.1) is 0 Å². The van der Waals surface area contributed by atoms with E-state index in [0.717, 1.165) is 35.2 Å². The fourth-order valence-electron chi connectivity index (χ4n) is 6.89. The fourth-order valence-corrected chi connectivity index (χ4v) is 6.89. The minimum absolute atomic E-state index is 0.00334. The van der Waals surface area contributed by atoms with Crippen LogP contribution in [0.4, 0.5) is 11.4 Å². The summed E-state index contributed by atoms with van der Waals surface area (Å²) in [5.74, 6) is -0.0917. The predicted octanol–water partition coefficient (Wildman–Crippen LogP) is 8.36. The number of aliphatic hydroxyl groups excluding tert-OH is 1. The first-order chi connectivity index (χ1) is 26.2. The number of amides is 2. The van der Waals surface area contributed by atoms with Crippen molar-refractivity contribution in [1.82, 2.24) is 10.2 Å². The number of carbonyl (C=O) groups excluding carboxylic acids is 2. The molecular formula is C45H52N4O5. The summed E-state index contributed by atoms with van der Waals surface area (Å²) in [6.45, 7) is 3.37. The molecule has 1 saturated heterocycles. The Morgan fingerprint density at radius 3 is 2.20 bits per heavy atom. The van der Waals surface area contributed by atoms with Gasteiger partial charge in [-0.1, -0.05) is 103 Å². The lowest BCUT2D eigenvalue weighted by atomic mass is 9.98. The van der Waals surface area contributed by atoms with Gasteiger partial charge in [0.1, 0.15) is 0 Å². The number of likely N-dealkylation sites (N-methyl/N-ethyl adjacent to an activating group) is 1. The molecule has 5 aromatic carbocycles. The van der Waals surface area contributed by atoms with Crippen molar-refractivity contribution in [1.29, 1.82) is 0 Å². The average Bonchev–Trinajstić information content (AvgIpc) is 3.20. The van der Waals surface area contributed by atoms with Crippen LogP contribution in [-0.4, -0.2) is 41.5 Å². The van der Waals surface area contributed by atoms with Gasteiger partial charge in [-0.2, -0.15) is 0 Å². The number of hydrogen-bond donors (Lipinski definition) is 4. The Labute approximate surface area is 318 Å². The number of fused-ring (bicyclic) bond motifs is 1. The topological polar surface area (TPSA) is 126 Å². The Bertz CT molecular complexity index is 1980. The molecule has 1 aliphatic rings. The van der Waals surface area contributed by atoms with Crippen molar-refractivity contribution in [2.24, 2.45) is 0 Å². The highest BCUT2D eigenvalue weighted by Crippen LogP contribution is 2.39. The number of nitrogens with two attached hydrogens (primary N) is 1. The summed E-state index contributed by atoms with van der Waals surface area (Å²) in [5, 5.41) is 17.9. The Hall–Kier alpha value is -5.06. The smallest absolute Gasteiger partial charge is 0.224 e. The number of nitrogens with one attached hydrogen (secondary N) is 2. The molecule has 0 aromatic heterocycles. The monoisotopic (exact) mass is 728 g/mol. The number of benzene rings is 5. The second-order valence-corrected chi connectivity index (χ2v) is 14.3. The number of hydrogen-bond acceptors (Lipinski definition) is 7. The number of nitrogens with zero attached hydrogens (tertiary/aromatic N) is 1. The summed E-state index contributed by atoms with van der Waals surface area (Å²) < 4.78 is 13.2. The lowest BCUT2D eigenvalue weighted by Gasteiger charge is -2.39. The van der Waals surface area contributed by atoms with E-state index < -0.39 is 6.29 Å². The van der Waals surface area contributed by atoms with Crippen LogP contribution < -0.4 is 16.4 Å². The molecule has 9 heteroatoms. The van der Waals surface area contributed by atoms with E-state index in [4.69, 9.17) is 15.2 Å². The normalized spacial score (nSPS) is 17.7. The lowest BCUT2D eigenvalue weighted by molar-refractivity contribution is -0.253. The molecule has 1 heterocycles. The molecule has 5 N–H and O–H groups in total. The number of anilines is 2. The molecule has 0 saturated carbocycles. The number of para-hydroxylation sites is 2. The van der Waals surface area contributed by atoms with Crippen molar-refractivity contribution in [3.8, 4) is 0 Å². The van der Waals surface area contributed by atoms with Gasteiger partial charge in [-0.15, -0.1) is 0 Å². The van der Waals surface area contributed by atoms with Gasteiger partial charge in [-0.3, -0.25) is 14.5 Å². The van der Waals surface area contributed by atoms with E-state index in [9.17, 15) is 14.7 Å². The average molecular weight is 729 g/mol. The van der Waals surface area contributed by atoms with E-state index in [0.29, 0.717) is 50.0 Å². The predicted molar refractivity (Wildman–Crippen MR) is 214 cm³/mol. The fraction of sp³-hybridized carbons (Fsp3) is 0.333. The molecule has 54 heavy (non-hydrogen) atoms. The van der Waals surface area contributed by atoms with E-state index in [2.05, 4.69) is 72.0 Å². The van der Waals surface area contributed by atoms with E-state index in [1.807, 2.05) is 60.7 Å². The molecule has 0 spiro atoms. The Kier molecular flexibility index (Phi) is 13.5. The van der Waals surface area contributed by atoms with E-state index in [1.165, 1.54) is 16.3 Å². The van der Waals surface area contributed by atoms with Gasteiger partial charge in [0, 0.05) is 44.0 Å². The molecule has 4 atom stereocenters. The molecule has 2 amide bonds. The highest BCUT2D eigenvalue weighted by molar-refractivity contribution is 5.93. The Morgan fingerprint density at radius 2 is 1.46 bits per heavy atom. The molecule has 0 aliphatic carbocycles. The lowest BCUT2D eigenvalue weighted by Crippen LogP contribution is -2.38. The number of aliphatic hydroxyl groups is 1. The zero-order valence-electron chi connectivity index (χ0n) is 31.2. The molecule has 9 nitrogen and oxygen atoms in total. The van der Waals surface area contributed by atoms with Gasteiger partial charge in [-0.25, -0.2) is 0 Å². The highest BCUT2D eigenvalue weighted by Gasteiger charge is 2.33. The number of ether oxygens (including phenoxy) is 2. The van der Waals surface area contributed by atoms with Crippen molar-refractivity contribution in [2.45, 2.75) is 83.1 Å². The van der Waals surface area contributed by atoms with Crippen molar-refractivity contribution >= 4 is 34.0 Å². The molecular weight excluding hydrogens is 677 g/mol. The molecule has 1 aliphatic heterocycles. The summed E-state index contributed by atoms with van der Waals surface area (Å²) in [6.07, 6.45) is 2.86. The van der Waals surface area contributed by atoms with Crippen molar-refractivity contribution in [3.05, 3.63) is 143 Å². The van der Waals surface area contributed by atoms with E-state index in [1.54, 1.807) is 12.1 Å². The summed E-state index contributed by atoms with van der Waals surface area (Å²) in [5.41, 5.74) is 12.1. The van der Waals surface area contributed by atoms with Crippen LogP contribution in [-0.2, 0) is 32.2 Å². The van der Waals surface area contributed by atoms with Crippen LogP contribution in [0.2, 0.25) is 0 Å². The summed E-state index contributed by atoms with van der Waals surface area (Å²) in [6, 6.07) is 38.4. The standard InChI is InChI=1S/C45H52N4O5/c1-31(37-25-24-34-10-6-7-11-38(34)26-37)49(2)29-39-27-42(35-20-18-33(30-50)19-21-35)54-45(53-39)36-22-16-32(17-23-36)28-47-43(51)14-4-3-5-15-44(52)48-41-13-9-8-12-40(41)46/h6-13,16-26,31,39,42,45,50H,3-5,14-15,27-30,46H2,1-2H3,(H,47,51)(H,48,52). The number of rotatable bonds is 16. The van der Waals surface area contributed by atoms with Crippen LogP contribution >= 0.6 is 0 Å². The van der Waals surface area contributed by atoms with Gasteiger partial charge in [0.2, 0.25) is 11.8 Å². The first-order valence-electron chi connectivity index (χ1n) is 18.9. The third-order valence-corrected chi connectivity index (χ3v) is 10.3. The van der Waals surface area contributed by atoms with Crippen LogP contribution in [0.3, 0.4) is 0 Å². The maximum Gasteiger partial charge on any atom is 0.224 e. The minimum Gasteiger partial charge on any atom is -0.397 e. The molecule has 282 valence electrons. The van der Waals surface area contributed by atoms with Gasteiger partial charge >= 0.3 is 0 Å². The van der Waals surface area contributed by atoms with E-state index >= 15 is 0 Å². The number of unbranched alkanes of at least 4 members (excludes halogenated alkanes) is 2. The van der Waals surface area contributed by atoms with Crippen LogP contribution in [0.5, 0.6) is 0 Å². The molecule has 6 rings (SSSR count). The maximum absolute atomic E-state index is 12.6. The van der Waals surface area contributed by atoms with E-state index in [-0.39, 0.29) is 36.7 Å². The zero-order valence-corrected chi connectivity index (χ0v) is 31.2. The first-order valence-corrected chi connectivity index (χ1v) is 18.9. The third-order valence-electron chi connectivity index (χ3n) is 10.3. The van der Waals surface area contributed by atoms with Crippen LogP contribution in [0.15, 0.2) is 115 Å². The number of nitrogen functional groups attached to an aromatic ring is 1. The van der Waals surface area contributed by atoms with Gasteiger partial charge in [0.25, 0.3) is 0 Å². The second-order valence-electron chi connectivity index (χ2n) is 14.3. The van der Waals surface area contributed by atoms with Crippen molar-refractivity contribution in [2.75, 3.05) is 24.6 Å². The Balaban J connectivity index is 1.01. The number of carbonyl (C=O) groups is 2. The first kappa shape index (κ1) is 38.7. The largest absolute Gasteiger partial charge is 0.397 e. The third kappa shape index (κ3) is 10.5. The Morgan fingerprint density at radius 1 is 0.796 bits per heavy atom. The van der Waals surface area contributed by atoms with Crippen LogP contribution in [0.25, 0.3) is 10.8 Å². The van der Waals surface area contributed by atoms with Crippen molar-refractivity contribution < 1.29 is 24.2 Å². The summed E-state index contributed by atoms with van der Waals surface area (Å²) in [4.78, 5) is 27.2.